The Morgan fingerprint density at radius 2 is 1.94 bits per heavy atom. The quantitative estimate of drug-likeness (QED) is 0.313. The molecule has 1 amide bonds. The molecule has 0 spiro atoms. The van der Waals surface area contributed by atoms with Gasteiger partial charge in [0.1, 0.15) is 17.2 Å². The largest absolute Gasteiger partial charge is 0.444 e. The fourth-order valence-electron chi connectivity index (χ4n) is 4.28. The van der Waals surface area contributed by atoms with Crippen molar-refractivity contribution in [2.75, 3.05) is 18.5 Å². The van der Waals surface area contributed by atoms with Gasteiger partial charge in [-0.1, -0.05) is 31.6 Å². The van der Waals surface area contributed by atoms with Crippen LogP contribution in [0.15, 0.2) is 36.4 Å². The van der Waals surface area contributed by atoms with E-state index in [-0.39, 0.29) is 5.54 Å². The number of rotatable bonds is 9. The molecule has 2 aromatic rings. The zero-order valence-electron chi connectivity index (χ0n) is 22.9. The Bertz CT molecular complexity index is 1030. The zero-order valence-corrected chi connectivity index (χ0v) is 22.9. The molecule has 2 heterocycles. The van der Waals surface area contributed by atoms with E-state index >= 15 is 0 Å². The second-order valence-corrected chi connectivity index (χ2v) is 11.7. The lowest BCUT2D eigenvalue weighted by atomic mass is 10.0. The Kier molecular flexibility index (Phi) is 9.17. The molecule has 0 radical (unpaired) electrons. The molecule has 1 saturated carbocycles. The van der Waals surface area contributed by atoms with E-state index in [4.69, 9.17) is 19.6 Å². The number of nitrogens with one attached hydrogen (secondary N) is 2. The van der Waals surface area contributed by atoms with Crippen molar-refractivity contribution in [3.8, 4) is 0 Å². The minimum atomic E-state index is -0.503. The van der Waals surface area contributed by atoms with Gasteiger partial charge in [0.05, 0.1) is 30.1 Å². The second kappa shape index (κ2) is 11.9. The van der Waals surface area contributed by atoms with E-state index in [9.17, 15) is 4.79 Å². The summed E-state index contributed by atoms with van der Waals surface area (Å²) < 4.78 is 13.0. The summed E-state index contributed by atoms with van der Waals surface area (Å²) in [4.78, 5) is 16.4. The Balaban J connectivity index is 1.52. The lowest BCUT2D eigenvalue weighted by Gasteiger charge is -2.22. The Morgan fingerprint density at radius 3 is 2.61 bits per heavy atom. The third kappa shape index (κ3) is 8.66. The van der Waals surface area contributed by atoms with Gasteiger partial charge in [-0.25, -0.2) is 14.5 Å². The van der Waals surface area contributed by atoms with Gasteiger partial charge >= 0.3 is 6.09 Å². The van der Waals surface area contributed by atoms with Crippen LogP contribution in [0.5, 0.6) is 0 Å². The van der Waals surface area contributed by atoms with E-state index < -0.39 is 11.7 Å². The Hall–Kier alpha value is -2.87. The molecule has 2 N–H and O–H groups in total. The number of pyridine rings is 1. The van der Waals surface area contributed by atoms with Gasteiger partial charge in [-0.15, -0.1) is 0 Å². The monoisotopic (exact) mass is 497 g/mol. The van der Waals surface area contributed by atoms with E-state index in [0.29, 0.717) is 25.7 Å². The first kappa shape index (κ1) is 27.7. The van der Waals surface area contributed by atoms with Crippen molar-refractivity contribution in [3.05, 3.63) is 47.8 Å². The van der Waals surface area contributed by atoms with Gasteiger partial charge in [0, 0.05) is 18.5 Å². The van der Waals surface area contributed by atoms with Crippen molar-refractivity contribution < 1.29 is 14.3 Å². The van der Waals surface area contributed by atoms with Crippen LogP contribution in [0.2, 0.25) is 0 Å². The Labute approximate surface area is 215 Å². The zero-order chi connectivity index (χ0) is 26.3. The molecule has 0 unspecified atom stereocenters. The third-order valence-corrected chi connectivity index (χ3v) is 5.93. The smallest absolute Gasteiger partial charge is 0.407 e. The number of hydrogen-bond donors (Lipinski definition) is 2. The SMILES string of the molecule is C[C@@H]1CC[C@H](c2cc(Nc3cccc(COC/C=C\CNC(=O)OC(C)(C)C)n3)n(C(C)(C)C)n2)C1. The Morgan fingerprint density at radius 1 is 1.17 bits per heavy atom. The number of anilines is 2. The highest BCUT2D eigenvalue weighted by atomic mass is 16.6. The van der Waals surface area contributed by atoms with Crippen molar-refractivity contribution in [2.45, 2.75) is 91.4 Å². The van der Waals surface area contributed by atoms with Crippen LogP contribution in [0.4, 0.5) is 16.4 Å². The molecule has 2 atom stereocenters. The summed E-state index contributed by atoms with van der Waals surface area (Å²) in [5.41, 5.74) is 1.36. The van der Waals surface area contributed by atoms with Crippen LogP contribution < -0.4 is 10.6 Å². The molecule has 8 nitrogen and oxygen atoms in total. The van der Waals surface area contributed by atoms with Crippen LogP contribution in [-0.4, -0.2) is 39.6 Å². The van der Waals surface area contributed by atoms with Crippen molar-refractivity contribution in [3.63, 3.8) is 0 Å². The highest BCUT2D eigenvalue weighted by Gasteiger charge is 2.28. The first-order valence-electron chi connectivity index (χ1n) is 12.9. The average molecular weight is 498 g/mol. The summed E-state index contributed by atoms with van der Waals surface area (Å²) >= 11 is 0. The number of hydrogen-bond acceptors (Lipinski definition) is 6. The van der Waals surface area contributed by atoms with Crippen molar-refractivity contribution >= 4 is 17.7 Å². The topological polar surface area (TPSA) is 90.3 Å². The number of amides is 1. The summed E-state index contributed by atoms with van der Waals surface area (Å²) in [7, 11) is 0. The highest BCUT2D eigenvalue weighted by molar-refractivity contribution is 5.67. The molecule has 1 aliphatic rings. The van der Waals surface area contributed by atoms with Gasteiger partial charge in [-0.05, 0) is 72.4 Å². The maximum absolute atomic E-state index is 11.6. The van der Waals surface area contributed by atoms with E-state index in [1.54, 1.807) is 0 Å². The van der Waals surface area contributed by atoms with Crippen LogP contribution in [0.3, 0.4) is 0 Å². The minimum Gasteiger partial charge on any atom is -0.444 e. The number of nitrogens with zero attached hydrogens (tertiary/aromatic N) is 3. The van der Waals surface area contributed by atoms with E-state index in [1.165, 1.54) is 25.0 Å². The first-order valence-corrected chi connectivity index (χ1v) is 12.9. The standard InChI is InChI=1S/C28H43N5O3/c1-20-13-14-21(17-20)23-18-25(33(32-23)27(2,3)4)31-24-12-10-11-22(30-24)19-35-16-9-8-15-29-26(34)36-28(5,6)7/h8-12,18,20-21H,13-17,19H2,1-7H3,(H,29,34)(H,30,31)/b9-8-/t20-,21+/m1/s1. The van der Waals surface area contributed by atoms with Gasteiger partial charge in [-0.2, -0.15) is 5.10 Å². The molecule has 0 aromatic carbocycles. The molecular weight excluding hydrogens is 454 g/mol. The van der Waals surface area contributed by atoms with Crippen LogP contribution in [0.25, 0.3) is 0 Å². The van der Waals surface area contributed by atoms with Crippen molar-refractivity contribution in [2.24, 2.45) is 5.92 Å². The number of carbonyl (C=O) groups excluding carboxylic acids is 1. The molecule has 8 heteroatoms. The van der Waals surface area contributed by atoms with Crippen molar-refractivity contribution in [1.29, 1.82) is 0 Å². The third-order valence-electron chi connectivity index (χ3n) is 5.93. The average Bonchev–Trinajstić information content (AvgIpc) is 3.38. The molecule has 1 aliphatic carbocycles. The van der Waals surface area contributed by atoms with E-state index in [1.807, 2.05) is 51.1 Å². The summed E-state index contributed by atoms with van der Waals surface area (Å²) in [6.45, 7) is 15.5. The normalized spacial score (nSPS) is 18.5. The van der Waals surface area contributed by atoms with Gasteiger partial charge in [0.25, 0.3) is 0 Å². The second-order valence-electron chi connectivity index (χ2n) is 11.7. The van der Waals surface area contributed by atoms with Crippen LogP contribution in [0.1, 0.15) is 85.0 Å². The van der Waals surface area contributed by atoms with E-state index in [0.717, 1.165) is 23.2 Å². The maximum atomic E-state index is 11.6. The number of aromatic nitrogens is 3. The van der Waals surface area contributed by atoms with Crippen LogP contribution in [-0.2, 0) is 21.6 Å². The molecule has 1 fully saturated rings. The lowest BCUT2D eigenvalue weighted by Crippen LogP contribution is -2.32. The summed E-state index contributed by atoms with van der Waals surface area (Å²) in [5.74, 6) is 3.03. The summed E-state index contributed by atoms with van der Waals surface area (Å²) in [5, 5.41) is 11.2. The summed E-state index contributed by atoms with van der Waals surface area (Å²) in [6.07, 6.45) is 6.96. The van der Waals surface area contributed by atoms with Crippen LogP contribution >= 0.6 is 0 Å². The number of carbonyl (C=O) groups is 1. The first-order chi connectivity index (χ1) is 16.9. The predicted molar refractivity (Wildman–Crippen MR) is 144 cm³/mol. The number of alkyl carbamates (subject to hydrolysis) is 1. The van der Waals surface area contributed by atoms with Crippen LogP contribution in [0, 0.1) is 5.92 Å². The molecule has 3 rings (SSSR count). The lowest BCUT2D eigenvalue weighted by molar-refractivity contribution is 0.0534. The molecule has 36 heavy (non-hydrogen) atoms. The van der Waals surface area contributed by atoms with Gasteiger partial charge in [0.2, 0.25) is 0 Å². The predicted octanol–water partition coefficient (Wildman–Crippen LogP) is 6.28. The minimum absolute atomic E-state index is 0.143. The molecule has 0 aliphatic heterocycles. The van der Waals surface area contributed by atoms with Gasteiger partial charge in [0.15, 0.2) is 0 Å². The van der Waals surface area contributed by atoms with Crippen molar-refractivity contribution in [1.82, 2.24) is 20.1 Å². The molecule has 0 saturated heterocycles. The molecule has 198 valence electrons. The van der Waals surface area contributed by atoms with Gasteiger partial charge < -0.3 is 20.1 Å². The van der Waals surface area contributed by atoms with Gasteiger partial charge in [-0.3, -0.25) is 0 Å². The fraction of sp³-hybridized carbons (Fsp3) is 0.607. The van der Waals surface area contributed by atoms with E-state index in [2.05, 4.69) is 49.1 Å². The highest BCUT2D eigenvalue weighted by Crippen LogP contribution is 2.39. The fourth-order valence-corrected chi connectivity index (χ4v) is 4.28. The molecule has 0 bridgehead atoms. The molecular formula is C28H43N5O3. The summed E-state index contributed by atoms with van der Waals surface area (Å²) in [6, 6.07) is 8.08. The maximum Gasteiger partial charge on any atom is 0.407 e. The molecule has 2 aromatic heterocycles. The number of ether oxygens (including phenoxy) is 2.